The van der Waals surface area contributed by atoms with Crippen LogP contribution in [0.25, 0.3) is 0 Å². The lowest BCUT2D eigenvalue weighted by atomic mass is 10.2. The Hall–Kier alpha value is -0.380. The maximum Gasteiger partial charge on any atom is 0.0594 e. The summed E-state index contributed by atoms with van der Waals surface area (Å²) in [6.45, 7) is 11.3. The first-order chi connectivity index (χ1) is 8.43. The molecule has 0 unspecified atom stereocenters. The van der Waals surface area contributed by atoms with E-state index in [0.717, 1.165) is 39.3 Å². The molecule has 3 nitrogen and oxygen atoms in total. The fraction of sp³-hybridized carbons (Fsp3) is 0.857. The summed E-state index contributed by atoms with van der Waals surface area (Å²) in [5.74, 6) is 0. The molecule has 1 N–H and O–H groups in total. The van der Waals surface area contributed by atoms with Crippen LogP contribution in [-0.4, -0.2) is 50.8 Å². The molecule has 0 aliphatic carbocycles. The Bertz CT molecular complexity index is 179. The van der Waals surface area contributed by atoms with Crippen LogP contribution >= 0.6 is 0 Å². The lowest BCUT2D eigenvalue weighted by Gasteiger charge is -2.26. The fourth-order valence-electron chi connectivity index (χ4n) is 2.09. The second-order valence-electron chi connectivity index (χ2n) is 4.70. The fourth-order valence-corrected chi connectivity index (χ4v) is 2.09. The third kappa shape index (κ3) is 8.36. The molecule has 100 valence electrons. The van der Waals surface area contributed by atoms with Crippen molar-refractivity contribution in [2.45, 2.75) is 32.1 Å². The zero-order valence-electron chi connectivity index (χ0n) is 11.1. The molecule has 0 radical (unpaired) electrons. The normalized spacial score (nSPS) is 17.2. The van der Waals surface area contributed by atoms with E-state index in [0.29, 0.717) is 0 Å². The van der Waals surface area contributed by atoms with Crippen LogP contribution < -0.4 is 5.32 Å². The van der Waals surface area contributed by atoms with Crippen molar-refractivity contribution in [2.75, 3.05) is 45.9 Å². The molecule has 0 aromatic rings. The maximum absolute atomic E-state index is 5.33. The molecule has 3 heteroatoms. The number of rotatable bonds is 10. The van der Waals surface area contributed by atoms with Gasteiger partial charge in [0.05, 0.1) is 13.2 Å². The minimum absolute atomic E-state index is 0.913. The van der Waals surface area contributed by atoms with Gasteiger partial charge in [0.15, 0.2) is 0 Å². The molecule has 1 saturated heterocycles. The van der Waals surface area contributed by atoms with Gasteiger partial charge in [0.1, 0.15) is 0 Å². The van der Waals surface area contributed by atoms with Gasteiger partial charge in [0, 0.05) is 13.1 Å². The van der Waals surface area contributed by atoms with Gasteiger partial charge in [-0.1, -0.05) is 12.5 Å². The SMILES string of the molecule is C=CCCCCCNCCCN1CCOCC1. The van der Waals surface area contributed by atoms with Gasteiger partial charge >= 0.3 is 0 Å². The van der Waals surface area contributed by atoms with Crippen LogP contribution in [0.15, 0.2) is 12.7 Å². The van der Waals surface area contributed by atoms with Crippen molar-refractivity contribution in [1.82, 2.24) is 10.2 Å². The minimum atomic E-state index is 0.913. The lowest BCUT2D eigenvalue weighted by molar-refractivity contribution is 0.0374. The molecule has 0 saturated carbocycles. The first-order valence-corrected chi connectivity index (χ1v) is 7.05. The second kappa shape index (κ2) is 10.8. The molecule has 1 rings (SSSR count). The number of ether oxygens (including phenoxy) is 1. The standard InChI is InChI=1S/C14H28N2O/c1-2-3-4-5-6-8-15-9-7-10-16-11-13-17-14-12-16/h2,15H,1,3-14H2. The Morgan fingerprint density at radius 2 is 1.82 bits per heavy atom. The first kappa shape index (κ1) is 14.7. The zero-order chi connectivity index (χ0) is 12.2. The summed E-state index contributed by atoms with van der Waals surface area (Å²) < 4.78 is 5.33. The number of allylic oxidation sites excluding steroid dienone is 1. The summed E-state index contributed by atoms with van der Waals surface area (Å²) in [5, 5.41) is 3.52. The molecule has 0 aromatic heterocycles. The molecule has 0 spiro atoms. The number of nitrogens with one attached hydrogen (secondary N) is 1. The Morgan fingerprint density at radius 1 is 1.06 bits per heavy atom. The summed E-state index contributed by atoms with van der Waals surface area (Å²) in [4.78, 5) is 2.50. The predicted molar refractivity (Wildman–Crippen MR) is 73.4 cm³/mol. The van der Waals surface area contributed by atoms with Crippen LogP contribution in [0.4, 0.5) is 0 Å². The lowest BCUT2D eigenvalue weighted by Crippen LogP contribution is -2.37. The highest BCUT2D eigenvalue weighted by atomic mass is 16.5. The number of hydrogen-bond acceptors (Lipinski definition) is 3. The van der Waals surface area contributed by atoms with Crippen molar-refractivity contribution >= 4 is 0 Å². The van der Waals surface area contributed by atoms with Crippen LogP contribution in [-0.2, 0) is 4.74 Å². The van der Waals surface area contributed by atoms with Crippen molar-refractivity contribution in [3.05, 3.63) is 12.7 Å². The Morgan fingerprint density at radius 3 is 2.59 bits per heavy atom. The molecule has 1 aliphatic heterocycles. The molecular weight excluding hydrogens is 212 g/mol. The summed E-state index contributed by atoms with van der Waals surface area (Å²) in [6.07, 6.45) is 8.34. The minimum Gasteiger partial charge on any atom is -0.379 e. The number of unbranched alkanes of at least 4 members (excludes halogenated alkanes) is 3. The van der Waals surface area contributed by atoms with E-state index in [1.54, 1.807) is 0 Å². The summed E-state index contributed by atoms with van der Waals surface area (Å²) in [5.41, 5.74) is 0. The Labute approximate surface area is 106 Å². The number of morpholine rings is 1. The molecule has 1 heterocycles. The van der Waals surface area contributed by atoms with Crippen molar-refractivity contribution in [1.29, 1.82) is 0 Å². The zero-order valence-corrected chi connectivity index (χ0v) is 11.1. The van der Waals surface area contributed by atoms with E-state index in [1.807, 2.05) is 6.08 Å². The van der Waals surface area contributed by atoms with Crippen molar-refractivity contribution in [3.63, 3.8) is 0 Å². The maximum atomic E-state index is 5.33. The highest BCUT2D eigenvalue weighted by molar-refractivity contribution is 4.66. The first-order valence-electron chi connectivity index (χ1n) is 7.05. The van der Waals surface area contributed by atoms with E-state index in [1.165, 1.54) is 38.8 Å². The van der Waals surface area contributed by atoms with Crippen molar-refractivity contribution in [2.24, 2.45) is 0 Å². The Balaban J connectivity index is 1.76. The van der Waals surface area contributed by atoms with Gasteiger partial charge < -0.3 is 10.1 Å². The van der Waals surface area contributed by atoms with Gasteiger partial charge in [-0.05, 0) is 45.3 Å². The van der Waals surface area contributed by atoms with E-state index in [2.05, 4.69) is 16.8 Å². The smallest absolute Gasteiger partial charge is 0.0594 e. The molecule has 1 aliphatic rings. The van der Waals surface area contributed by atoms with Gasteiger partial charge in [-0.2, -0.15) is 0 Å². The highest BCUT2D eigenvalue weighted by Crippen LogP contribution is 1.99. The summed E-state index contributed by atoms with van der Waals surface area (Å²) in [6, 6.07) is 0. The van der Waals surface area contributed by atoms with E-state index in [4.69, 9.17) is 4.74 Å². The van der Waals surface area contributed by atoms with Crippen LogP contribution in [0.1, 0.15) is 32.1 Å². The molecule has 0 amide bonds. The number of nitrogens with zero attached hydrogens (tertiary/aromatic N) is 1. The quantitative estimate of drug-likeness (QED) is 0.467. The van der Waals surface area contributed by atoms with Crippen molar-refractivity contribution < 1.29 is 4.74 Å². The monoisotopic (exact) mass is 240 g/mol. The van der Waals surface area contributed by atoms with Crippen LogP contribution in [0.5, 0.6) is 0 Å². The average molecular weight is 240 g/mol. The molecule has 0 bridgehead atoms. The van der Waals surface area contributed by atoms with Gasteiger partial charge in [0.25, 0.3) is 0 Å². The van der Waals surface area contributed by atoms with E-state index in [-0.39, 0.29) is 0 Å². The largest absolute Gasteiger partial charge is 0.379 e. The molecule has 0 atom stereocenters. The summed E-state index contributed by atoms with van der Waals surface area (Å²) in [7, 11) is 0. The number of hydrogen-bond donors (Lipinski definition) is 1. The van der Waals surface area contributed by atoms with Crippen LogP contribution in [0.3, 0.4) is 0 Å². The average Bonchev–Trinajstić information content (AvgIpc) is 2.38. The highest BCUT2D eigenvalue weighted by Gasteiger charge is 2.08. The Kier molecular flexibility index (Phi) is 9.29. The molecular formula is C14H28N2O. The van der Waals surface area contributed by atoms with E-state index < -0.39 is 0 Å². The van der Waals surface area contributed by atoms with Crippen LogP contribution in [0, 0.1) is 0 Å². The van der Waals surface area contributed by atoms with Gasteiger partial charge in [0.2, 0.25) is 0 Å². The molecule has 1 fully saturated rings. The molecule has 17 heavy (non-hydrogen) atoms. The van der Waals surface area contributed by atoms with E-state index >= 15 is 0 Å². The third-order valence-corrected chi connectivity index (χ3v) is 3.19. The topological polar surface area (TPSA) is 24.5 Å². The third-order valence-electron chi connectivity index (χ3n) is 3.19. The van der Waals surface area contributed by atoms with Gasteiger partial charge in [-0.3, -0.25) is 4.90 Å². The van der Waals surface area contributed by atoms with Crippen LogP contribution in [0.2, 0.25) is 0 Å². The molecule has 0 aromatic carbocycles. The summed E-state index contributed by atoms with van der Waals surface area (Å²) >= 11 is 0. The van der Waals surface area contributed by atoms with Crippen molar-refractivity contribution in [3.8, 4) is 0 Å². The predicted octanol–water partition coefficient (Wildman–Crippen LogP) is 2.04. The second-order valence-corrected chi connectivity index (χ2v) is 4.70. The van der Waals surface area contributed by atoms with Gasteiger partial charge in [-0.15, -0.1) is 6.58 Å². The van der Waals surface area contributed by atoms with E-state index in [9.17, 15) is 0 Å². The van der Waals surface area contributed by atoms with Gasteiger partial charge in [-0.25, -0.2) is 0 Å².